The minimum atomic E-state index is -3.68. The molecule has 26 heavy (non-hydrogen) atoms. The largest absolute Gasteiger partial charge is 0.469 e. The van der Waals surface area contributed by atoms with E-state index in [9.17, 15) is 13.2 Å². The molecule has 0 aliphatic heterocycles. The summed E-state index contributed by atoms with van der Waals surface area (Å²) in [6, 6.07) is 13.5. The van der Waals surface area contributed by atoms with Crippen LogP contribution >= 0.6 is 11.3 Å². The Kier molecular flexibility index (Phi) is 5.55. The number of benzene rings is 1. The van der Waals surface area contributed by atoms with Crippen LogP contribution in [0.2, 0.25) is 0 Å². The van der Waals surface area contributed by atoms with Gasteiger partial charge in [0, 0.05) is 24.0 Å². The van der Waals surface area contributed by atoms with Crippen LogP contribution in [0.3, 0.4) is 0 Å². The second-order valence-corrected chi connectivity index (χ2v) is 8.39. The van der Waals surface area contributed by atoms with Gasteiger partial charge in [-0.25, -0.2) is 13.1 Å². The fourth-order valence-corrected chi connectivity index (χ4v) is 4.40. The molecule has 2 aromatic heterocycles. The van der Waals surface area contributed by atoms with Crippen molar-refractivity contribution in [3.8, 4) is 0 Å². The molecule has 0 saturated carbocycles. The van der Waals surface area contributed by atoms with E-state index in [4.69, 9.17) is 4.42 Å². The van der Waals surface area contributed by atoms with Crippen molar-refractivity contribution in [2.24, 2.45) is 0 Å². The van der Waals surface area contributed by atoms with Crippen LogP contribution in [0.15, 0.2) is 69.5 Å². The van der Waals surface area contributed by atoms with E-state index in [1.54, 1.807) is 35.8 Å². The topological polar surface area (TPSA) is 88.4 Å². The van der Waals surface area contributed by atoms with Crippen molar-refractivity contribution < 1.29 is 17.6 Å². The third-order valence-electron chi connectivity index (χ3n) is 3.74. The summed E-state index contributed by atoms with van der Waals surface area (Å²) in [4.78, 5) is 12.2. The Morgan fingerprint density at radius 2 is 1.92 bits per heavy atom. The molecule has 0 spiro atoms. The fourth-order valence-electron chi connectivity index (χ4n) is 2.52. The normalized spacial score (nSPS) is 12.7. The molecule has 6 nitrogen and oxygen atoms in total. The molecule has 2 N–H and O–H groups in total. The Bertz CT molecular complexity index is 913. The van der Waals surface area contributed by atoms with Crippen LogP contribution < -0.4 is 10.0 Å². The molecule has 1 aromatic carbocycles. The van der Waals surface area contributed by atoms with Gasteiger partial charge in [0.1, 0.15) is 5.76 Å². The summed E-state index contributed by atoms with van der Waals surface area (Å²) in [7, 11) is -3.68. The van der Waals surface area contributed by atoms with Crippen molar-refractivity contribution in [3.63, 3.8) is 0 Å². The molecule has 0 fully saturated rings. The summed E-state index contributed by atoms with van der Waals surface area (Å²) in [5.74, 6) is 0.297. The molecule has 0 bridgehead atoms. The molecule has 3 aromatic rings. The summed E-state index contributed by atoms with van der Waals surface area (Å²) >= 11 is 1.55. The maximum Gasteiger partial charge on any atom is 0.240 e. The number of thiophene rings is 1. The van der Waals surface area contributed by atoms with Crippen LogP contribution in [0.4, 0.5) is 5.69 Å². The monoisotopic (exact) mass is 390 g/mol. The van der Waals surface area contributed by atoms with E-state index in [-0.39, 0.29) is 23.3 Å². The number of hydrogen-bond acceptors (Lipinski definition) is 5. The highest BCUT2D eigenvalue weighted by Gasteiger charge is 2.22. The lowest BCUT2D eigenvalue weighted by atomic mass is 10.1. The van der Waals surface area contributed by atoms with Crippen molar-refractivity contribution in [1.82, 2.24) is 4.72 Å². The third-order valence-corrected chi connectivity index (χ3v) is 6.16. The predicted octanol–water partition coefficient (Wildman–Crippen LogP) is 3.41. The summed E-state index contributed by atoms with van der Waals surface area (Å²) < 4.78 is 33.3. The van der Waals surface area contributed by atoms with Gasteiger partial charge in [0.25, 0.3) is 0 Å². The number of nitrogens with one attached hydrogen (secondary N) is 2. The zero-order valence-electron chi connectivity index (χ0n) is 14.0. The van der Waals surface area contributed by atoms with Gasteiger partial charge in [-0.2, -0.15) is 0 Å². The van der Waals surface area contributed by atoms with E-state index in [0.29, 0.717) is 11.4 Å². The number of anilines is 1. The molecule has 8 heteroatoms. The van der Waals surface area contributed by atoms with Gasteiger partial charge in [0.05, 0.1) is 17.1 Å². The number of furan rings is 1. The Morgan fingerprint density at radius 1 is 1.15 bits per heavy atom. The van der Waals surface area contributed by atoms with Crippen LogP contribution in [0.5, 0.6) is 0 Å². The Labute approximate surface area is 155 Å². The maximum atomic E-state index is 12.6. The zero-order chi connectivity index (χ0) is 18.6. The second kappa shape index (κ2) is 7.86. The molecule has 136 valence electrons. The summed E-state index contributed by atoms with van der Waals surface area (Å²) in [5.41, 5.74) is 0.545. The van der Waals surface area contributed by atoms with E-state index < -0.39 is 10.0 Å². The number of sulfonamides is 1. The van der Waals surface area contributed by atoms with Gasteiger partial charge in [-0.3, -0.25) is 4.79 Å². The first-order valence-corrected chi connectivity index (χ1v) is 10.3. The third kappa shape index (κ3) is 4.40. The van der Waals surface area contributed by atoms with Gasteiger partial charge in [0.2, 0.25) is 15.9 Å². The molecule has 0 radical (unpaired) electrons. The average Bonchev–Trinajstić information content (AvgIpc) is 3.29. The number of carbonyl (C=O) groups is 1. The predicted molar refractivity (Wildman–Crippen MR) is 101 cm³/mol. The van der Waals surface area contributed by atoms with Crippen LogP contribution in [0.1, 0.15) is 23.5 Å². The number of rotatable bonds is 7. The highest BCUT2D eigenvalue weighted by Crippen LogP contribution is 2.28. The van der Waals surface area contributed by atoms with Gasteiger partial charge in [-0.05, 0) is 47.8 Å². The highest BCUT2D eigenvalue weighted by molar-refractivity contribution is 7.89. The van der Waals surface area contributed by atoms with Gasteiger partial charge in [-0.1, -0.05) is 6.07 Å². The van der Waals surface area contributed by atoms with E-state index in [2.05, 4.69) is 10.0 Å². The molecule has 0 saturated heterocycles. The summed E-state index contributed by atoms with van der Waals surface area (Å²) in [6.45, 7) is 1.58. The molecule has 1 amide bonds. The van der Waals surface area contributed by atoms with Crippen LogP contribution in [-0.2, 0) is 14.8 Å². The molecule has 1 atom stereocenters. The van der Waals surface area contributed by atoms with E-state index >= 15 is 0 Å². The highest BCUT2D eigenvalue weighted by atomic mass is 32.2. The summed E-state index contributed by atoms with van der Waals surface area (Å²) in [6.07, 6.45) is 1.57. The SMILES string of the molecule is CC(=O)Nc1ccc(S(=O)(=O)NC[C@@H](c2ccco2)c2cccs2)cc1. The summed E-state index contributed by atoms with van der Waals surface area (Å²) in [5, 5.41) is 4.55. The van der Waals surface area contributed by atoms with Gasteiger partial charge < -0.3 is 9.73 Å². The molecular formula is C18H18N2O4S2. The van der Waals surface area contributed by atoms with Gasteiger partial charge >= 0.3 is 0 Å². The van der Waals surface area contributed by atoms with Crippen molar-refractivity contribution >= 4 is 33.0 Å². The van der Waals surface area contributed by atoms with Crippen molar-refractivity contribution in [3.05, 3.63) is 70.8 Å². The van der Waals surface area contributed by atoms with E-state index in [1.807, 2.05) is 23.6 Å². The molecule has 2 heterocycles. The van der Waals surface area contributed by atoms with Crippen LogP contribution in [-0.4, -0.2) is 20.9 Å². The molecule has 0 aliphatic rings. The second-order valence-electron chi connectivity index (χ2n) is 5.64. The quantitative estimate of drug-likeness (QED) is 0.647. The number of carbonyl (C=O) groups excluding carboxylic acids is 1. The minimum absolute atomic E-state index is 0.135. The molecule has 0 unspecified atom stereocenters. The number of hydrogen-bond donors (Lipinski definition) is 2. The van der Waals surface area contributed by atoms with Crippen LogP contribution in [0.25, 0.3) is 0 Å². The van der Waals surface area contributed by atoms with Crippen LogP contribution in [0, 0.1) is 0 Å². The van der Waals surface area contributed by atoms with Crippen molar-refractivity contribution in [1.29, 1.82) is 0 Å². The first-order valence-electron chi connectivity index (χ1n) is 7.90. The lowest BCUT2D eigenvalue weighted by Crippen LogP contribution is -2.28. The van der Waals surface area contributed by atoms with Crippen molar-refractivity contribution in [2.75, 3.05) is 11.9 Å². The number of amides is 1. The molecule has 0 aliphatic carbocycles. The first kappa shape index (κ1) is 18.4. The maximum absolute atomic E-state index is 12.6. The van der Waals surface area contributed by atoms with Gasteiger partial charge in [0.15, 0.2) is 0 Å². The lowest BCUT2D eigenvalue weighted by molar-refractivity contribution is -0.114. The lowest BCUT2D eigenvalue weighted by Gasteiger charge is -2.14. The van der Waals surface area contributed by atoms with Crippen molar-refractivity contribution in [2.45, 2.75) is 17.7 Å². The minimum Gasteiger partial charge on any atom is -0.469 e. The first-order chi connectivity index (χ1) is 12.5. The Hall–Kier alpha value is -2.42. The fraction of sp³-hybridized carbons (Fsp3) is 0.167. The van der Waals surface area contributed by atoms with E-state index in [1.165, 1.54) is 19.1 Å². The Balaban J connectivity index is 1.75. The molecular weight excluding hydrogens is 372 g/mol. The Morgan fingerprint density at radius 3 is 2.50 bits per heavy atom. The average molecular weight is 390 g/mol. The molecule has 3 rings (SSSR count). The standard InChI is InChI=1S/C18H18N2O4S2/c1-13(21)20-14-6-8-15(9-7-14)26(22,23)19-12-16(17-4-2-10-24-17)18-5-3-11-25-18/h2-11,16,19H,12H2,1H3,(H,20,21)/t16-/m0/s1. The van der Waals surface area contributed by atoms with Gasteiger partial charge in [-0.15, -0.1) is 11.3 Å². The zero-order valence-corrected chi connectivity index (χ0v) is 15.6. The smallest absolute Gasteiger partial charge is 0.240 e. The van der Waals surface area contributed by atoms with E-state index in [0.717, 1.165) is 4.88 Å².